The fourth-order valence-corrected chi connectivity index (χ4v) is 2.66. The minimum absolute atomic E-state index is 0.0225. The predicted molar refractivity (Wildman–Crippen MR) is 85.0 cm³/mol. The van der Waals surface area contributed by atoms with Crippen molar-refractivity contribution >= 4 is 12.4 Å². The maximum atomic E-state index is 11.8. The quantitative estimate of drug-likeness (QED) is 0.628. The third kappa shape index (κ3) is 7.25. The summed E-state index contributed by atoms with van der Waals surface area (Å²) in [5.41, 5.74) is 1.05. The van der Waals surface area contributed by atoms with Gasteiger partial charge in [0.15, 0.2) is 0 Å². The van der Waals surface area contributed by atoms with Gasteiger partial charge >= 0.3 is 0 Å². The lowest BCUT2D eigenvalue weighted by molar-refractivity contribution is -0.123. The number of hydrogen-bond acceptors (Lipinski definition) is 5. The number of nitrogens with zero attached hydrogens (tertiary/aromatic N) is 3. The van der Waals surface area contributed by atoms with Crippen LogP contribution in [0.15, 0.2) is 12.4 Å². The van der Waals surface area contributed by atoms with Crippen LogP contribution in [0.2, 0.25) is 0 Å². The van der Waals surface area contributed by atoms with Crippen LogP contribution in [0.1, 0.15) is 24.8 Å². The molecule has 1 unspecified atom stereocenters. The van der Waals surface area contributed by atoms with Gasteiger partial charge in [-0.3, -0.25) is 19.2 Å². The van der Waals surface area contributed by atoms with Crippen LogP contribution in [-0.4, -0.2) is 69.6 Å². The fraction of sp³-hybridized carbons (Fsp3) is 0.667. The molecule has 0 bridgehead atoms. The second-order valence-corrected chi connectivity index (χ2v) is 5.54. The van der Waals surface area contributed by atoms with Gasteiger partial charge in [0.25, 0.3) is 6.47 Å². The highest BCUT2D eigenvalue weighted by atomic mass is 16.3. The molecular weight excluding hydrogens is 300 g/mol. The molecule has 0 saturated carbocycles. The minimum atomic E-state index is -0.250. The Balaban J connectivity index is 0.000000816. The van der Waals surface area contributed by atoms with E-state index in [9.17, 15) is 9.90 Å². The number of hydrogen-bond donors (Lipinski definition) is 3. The van der Waals surface area contributed by atoms with Gasteiger partial charge in [-0.25, -0.2) is 0 Å². The molecule has 1 aromatic rings. The van der Waals surface area contributed by atoms with Crippen molar-refractivity contribution in [3.8, 4) is 0 Å². The summed E-state index contributed by atoms with van der Waals surface area (Å²) < 4.78 is 1.64. The molecule has 1 aliphatic heterocycles. The number of nitrogens with one attached hydrogen (secondary N) is 1. The maximum Gasteiger partial charge on any atom is 0.290 e. The number of aryl methyl sites for hydroxylation is 1. The highest BCUT2D eigenvalue weighted by Crippen LogP contribution is 2.15. The number of likely N-dealkylation sites (tertiary alicyclic amines) is 1. The molecule has 23 heavy (non-hydrogen) atoms. The Kier molecular flexibility index (Phi) is 8.93. The zero-order valence-electron chi connectivity index (χ0n) is 13.5. The summed E-state index contributed by atoms with van der Waals surface area (Å²) in [6.45, 7) is 4.61. The lowest BCUT2D eigenvalue weighted by Gasteiger charge is -2.34. The highest BCUT2D eigenvalue weighted by Gasteiger charge is 2.20. The van der Waals surface area contributed by atoms with Crippen LogP contribution in [0, 0.1) is 6.92 Å². The molecule has 8 nitrogen and oxygen atoms in total. The monoisotopic (exact) mass is 326 g/mol. The molecule has 0 aromatic carbocycles. The number of piperidine rings is 1. The number of carbonyl (C=O) groups excluding carboxylic acids is 1. The van der Waals surface area contributed by atoms with Gasteiger partial charge in [0.05, 0.1) is 12.8 Å². The third-order valence-electron chi connectivity index (χ3n) is 3.75. The van der Waals surface area contributed by atoms with Crippen LogP contribution in [0.5, 0.6) is 0 Å². The van der Waals surface area contributed by atoms with Gasteiger partial charge in [-0.05, 0) is 31.9 Å². The summed E-state index contributed by atoms with van der Waals surface area (Å²) in [6, 6.07) is 0.259. The van der Waals surface area contributed by atoms with E-state index in [2.05, 4.69) is 15.3 Å². The van der Waals surface area contributed by atoms with Crippen molar-refractivity contribution < 1.29 is 19.8 Å². The van der Waals surface area contributed by atoms with Crippen molar-refractivity contribution in [3.63, 3.8) is 0 Å². The van der Waals surface area contributed by atoms with E-state index < -0.39 is 0 Å². The molecule has 0 spiro atoms. The van der Waals surface area contributed by atoms with E-state index in [1.807, 2.05) is 13.1 Å². The van der Waals surface area contributed by atoms with E-state index in [4.69, 9.17) is 9.90 Å². The van der Waals surface area contributed by atoms with Gasteiger partial charge in [-0.2, -0.15) is 5.10 Å². The number of amides is 1. The molecule has 1 saturated heterocycles. The van der Waals surface area contributed by atoms with Gasteiger partial charge in [0, 0.05) is 25.3 Å². The van der Waals surface area contributed by atoms with E-state index in [1.54, 1.807) is 10.9 Å². The average Bonchev–Trinajstić information content (AvgIpc) is 2.93. The van der Waals surface area contributed by atoms with Gasteiger partial charge in [0.1, 0.15) is 6.54 Å². The van der Waals surface area contributed by atoms with E-state index >= 15 is 0 Å². The molecule has 130 valence electrons. The number of rotatable bonds is 6. The summed E-state index contributed by atoms with van der Waals surface area (Å²) in [5, 5.41) is 23.2. The Morgan fingerprint density at radius 1 is 1.52 bits per heavy atom. The second kappa shape index (κ2) is 10.7. The zero-order chi connectivity index (χ0) is 17.1. The van der Waals surface area contributed by atoms with Crippen molar-refractivity contribution in [2.75, 3.05) is 26.2 Å². The molecule has 2 heterocycles. The first kappa shape index (κ1) is 19.1. The Morgan fingerprint density at radius 3 is 2.87 bits per heavy atom. The molecule has 3 N–H and O–H groups in total. The summed E-state index contributed by atoms with van der Waals surface area (Å²) in [6.07, 6.45) is 7.01. The molecule has 2 rings (SSSR count). The average molecular weight is 326 g/mol. The fourth-order valence-electron chi connectivity index (χ4n) is 2.66. The van der Waals surface area contributed by atoms with Crippen LogP contribution in [-0.2, 0) is 16.1 Å². The topological polar surface area (TPSA) is 108 Å². The number of carboxylic acid groups (broad SMARTS) is 1. The summed E-state index contributed by atoms with van der Waals surface area (Å²) in [4.78, 5) is 22.4. The molecule has 1 aromatic heterocycles. The summed E-state index contributed by atoms with van der Waals surface area (Å²) in [7, 11) is 0. The summed E-state index contributed by atoms with van der Waals surface area (Å²) >= 11 is 0. The van der Waals surface area contributed by atoms with Crippen molar-refractivity contribution in [2.45, 2.75) is 38.8 Å². The Morgan fingerprint density at radius 2 is 2.26 bits per heavy atom. The number of aliphatic hydroxyl groups excluding tert-OH is 1. The number of carbonyl (C=O) groups is 2. The normalized spacial score (nSPS) is 17.9. The number of aliphatic hydroxyl groups is 1. The van der Waals surface area contributed by atoms with Crippen molar-refractivity contribution in [1.29, 1.82) is 0 Å². The standard InChI is InChI=1S/C14H24N4O2.CH2O2/c1-12-8-16-18(9-12)10-14(20)15-5-7-17-6-3-2-4-13(17)11-19;2-1-3/h8-9,13,19H,2-7,10-11H2,1H3,(H,15,20);1H,(H,2,3). The SMILES string of the molecule is Cc1cnn(CC(=O)NCCN2CCCCC2CO)c1.O=CO. The van der Waals surface area contributed by atoms with E-state index in [1.165, 1.54) is 12.8 Å². The number of aromatic nitrogens is 2. The Labute approximate surface area is 136 Å². The molecular formula is C15H26N4O4. The minimum Gasteiger partial charge on any atom is -0.483 e. The smallest absolute Gasteiger partial charge is 0.290 e. The van der Waals surface area contributed by atoms with Crippen molar-refractivity contribution in [3.05, 3.63) is 18.0 Å². The van der Waals surface area contributed by atoms with E-state index in [0.29, 0.717) is 6.54 Å². The molecule has 8 heteroatoms. The first-order valence-corrected chi connectivity index (χ1v) is 7.79. The van der Waals surface area contributed by atoms with Crippen molar-refractivity contribution in [1.82, 2.24) is 20.0 Å². The predicted octanol–water partition coefficient (Wildman–Crippen LogP) is -0.145. The lowest BCUT2D eigenvalue weighted by atomic mass is 10.0. The zero-order valence-corrected chi connectivity index (χ0v) is 13.5. The molecule has 1 aliphatic rings. The second-order valence-electron chi connectivity index (χ2n) is 5.54. The maximum absolute atomic E-state index is 11.8. The Bertz CT molecular complexity index is 478. The van der Waals surface area contributed by atoms with Gasteiger partial charge in [-0.15, -0.1) is 0 Å². The third-order valence-corrected chi connectivity index (χ3v) is 3.75. The first-order chi connectivity index (χ1) is 11.1. The molecule has 1 amide bonds. The summed E-state index contributed by atoms with van der Waals surface area (Å²) in [5.74, 6) is -0.0225. The molecule has 1 fully saturated rings. The van der Waals surface area contributed by atoms with Crippen molar-refractivity contribution in [2.24, 2.45) is 0 Å². The van der Waals surface area contributed by atoms with Crippen LogP contribution < -0.4 is 5.32 Å². The molecule has 1 atom stereocenters. The molecule has 0 aliphatic carbocycles. The van der Waals surface area contributed by atoms with Gasteiger partial charge < -0.3 is 15.5 Å². The van der Waals surface area contributed by atoms with Crippen LogP contribution in [0.25, 0.3) is 0 Å². The van der Waals surface area contributed by atoms with E-state index in [0.717, 1.165) is 25.1 Å². The van der Waals surface area contributed by atoms with E-state index in [-0.39, 0.29) is 31.6 Å². The van der Waals surface area contributed by atoms with Crippen LogP contribution in [0.3, 0.4) is 0 Å². The lowest BCUT2D eigenvalue weighted by Crippen LogP contribution is -2.45. The largest absolute Gasteiger partial charge is 0.483 e. The first-order valence-electron chi connectivity index (χ1n) is 7.79. The highest BCUT2D eigenvalue weighted by molar-refractivity contribution is 5.75. The van der Waals surface area contributed by atoms with Gasteiger partial charge in [-0.1, -0.05) is 6.42 Å². The van der Waals surface area contributed by atoms with Gasteiger partial charge in [0.2, 0.25) is 5.91 Å². The van der Waals surface area contributed by atoms with Crippen LogP contribution in [0.4, 0.5) is 0 Å². The Hall–Kier alpha value is -1.93. The molecule has 0 radical (unpaired) electrons. The van der Waals surface area contributed by atoms with Crippen LogP contribution >= 0.6 is 0 Å².